The average Bonchev–Trinajstić information content (AvgIpc) is 2.54. The van der Waals surface area contributed by atoms with Crippen molar-refractivity contribution in [3.8, 4) is 0 Å². The molecule has 24 heavy (non-hydrogen) atoms. The average molecular weight is 337 g/mol. The van der Waals surface area contributed by atoms with Crippen molar-refractivity contribution in [2.24, 2.45) is 0 Å². The van der Waals surface area contributed by atoms with Crippen LogP contribution in [0.5, 0.6) is 0 Å². The molecule has 1 aliphatic heterocycles. The number of ether oxygens (including phenoxy) is 1. The molecular formula is C16H19NO7. The maximum absolute atomic E-state index is 11.5. The molecule has 0 bridgehead atoms. The SMILES string of the molecule is Cc1cc(=O)oc2cc(NC3[C@H](O)OC(CO)[C@@H](O)[C@@H]3O)ccc12. The van der Waals surface area contributed by atoms with Crippen molar-refractivity contribution < 1.29 is 29.6 Å². The Bertz CT molecular complexity index is 790. The zero-order valence-corrected chi connectivity index (χ0v) is 12.9. The van der Waals surface area contributed by atoms with E-state index in [2.05, 4.69) is 5.32 Å². The summed E-state index contributed by atoms with van der Waals surface area (Å²) in [6.07, 6.45) is -5.20. The smallest absolute Gasteiger partial charge is 0.336 e. The fourth-order valence-electron chi connectivity index (χ4n) is 2.86. The third-order valence-corrected chi connectivity index (χ3v) is 4.18. The van der Waals surface area contributed by atoms with E-state index in [-0.39, 0.29) is 0 Å². The van der Waals surface area contributed by atoms with Gasteiger partial charge in [-0.1, -0.05) is 0 Å². The summed E-state index contributed by atoms with van der Waals surface area (Å²) in [6.45, 7) is 1.27. The quantitative estimate of drug-likeness (QED) is 0.465. The number of aryl methyl sites for hydroxylation is 1. The minimum atomic E-state index is -1.43. The van der Waals surface area contributed by atoms with Crippen LogP contribution in [-0.4, -0.2) is 57.7 Å². The molecule has 0 aliphatic carbocycles. The molecule has 2 unspecified atom stereocenters. The first-order valence-electron chi connectivity index (χ1n) is 7.52. The molecule has 130 valence electrons. The van der Waals surface area contributed by atoms with E-state index in [4.69, 9.17) is 14.3 Å². The van der Waals surface area contributed by atoms with E-state index in [0.717, 1.165) is 10.9 Å². The van der Waals surface area contributed by atoms with Gasteiger partial charge in [-0.25, -0.2) is 4.79 Å². The van der Waals surface area contributed by atoms with E-state index in [9.17, 15) is 20.1 Å². The molecule has 8 heteroatoms. The fourth-order valence-corrected chi connectivity index (χ4v) is 2.86. The minimum Gasteiger partial charge on any atom is -0.423 e. The Morgan fingerprint density at radius 2 is 1.92 bits per heavy atom. The lowest BCUT2D eigenvalue weighted by atomic mass is 9.97. The zero-order valence-electron chi connectivity index (χ0n) is 12.9. The van der Waals surface area contributed by atoms with Gasteiger partial charge in [0.1, 0.15) is 29.9 Å². The topological polar surface area (TPSA) is 132 Å². The van der Waals surface area contributed by atoms with Crippen molar-refractivity contribution in [2.45, 2.75) is 37.6 Å². The van der Waals surface area contributed by atoms with E-state index in [0.29, 0.717) is 11.3 Å². The van der Waals surface area contributed by atoms with Gasteiger partial charge in [-0.3, -0.25) is 0 Å². The standard InChI is InChI=1S/C16H19NO7/c1-7-4-12(19)23-10-5-8(2-3-9(7)10)17-13-15(21)14(20)11(6-18)24-16(13)22/h2-5,11,13-18,20-22H,6H2,1H3/t11?,13?,14-,15-,16-/m1/s1. The molecule has 0 radical (unpaired) electrons. The molecule has 1 aromatic heterocycles. The third kappa shape index (κ3) is 3.02. The molecule has 5 N–H and O–H groups in total. The Kier molecular flexibility index (Phi) is 4.57. The maximum Gasteiger partial charge on any atom is 0.336 e. The van der Waals surface area contributed by atoms with Crippen LogP contribution in [0.25, 0.3) is 11.0 Å². The lowest BCUT2D eigenvalue weighted by Gasteiger charge is -2.40. The van der Waals surface area contributed by atoms with Gasteiger partial charge in [0.15, 0.2) is 6.29 Å². The van der Waals surface area contributed by atoms with Crippen molar-refractivity contribution in [1.82, 2.24) is 0 Å². The van der Waals surface area contributed by atoms with Crippen LogP contribution in [-0.2, 0) is 4.74 Å². The van der Waals surface area contributed by atoms with Gasteiger partial charge in [-0.2, -0.15) is 0 Å². The maximum atomic E-state index is 11.5. The summed E-state index contributed by atoms with van der Waals surface area (Å²) in [5.41, 5.74) is 1.13. The molecule has 1 aromatic carbocycles. The van der Waals surface area contributed by atoms with Crippen molar-refractivity contribution >= 4 is 16.7 Å². The van der Waals surface area contributed by atoms with Gasteiger partial charge in [-0.15, -0.1) is 0 Å². The molecule has 1 aliphatic rings. The monoisotopic (exact) mass is 337 g/mol. The lowest BCUT2D eigenvalue weighted by molar-refractivity contribution is -0.245. The second-order valence-electron chi connectivity index (χ2n) is 5.86. The number of rotatable bonds is 3. The van der Waals surface area contributed by atoms with Crippen LogP contribution >= 0.6 is 0 Å². The number of anilines is 1. The first-order valence-corrected chi connectivity index (χ1v) is 7.52. The Labute approximate surface area is 136 Å². The number of hydrogen-bond acceptors (Lipinski definition) is 8. The Morgan fingerprint density at radius 1 is 1.17 bits per heavy atom. The van der Waals surface area contributed by atoms with Gasteiger partial charge in [0, 0.05) is 23.2 Å². The number of benzene rings is 1. The minimum absolute atomic E-state index is 0.361. The van der Waals surface area contributed by atoms with Crippen molar-refractivity contribution in [2.75, 3.05) is 11.9 Å². The van der Waals surface area contributed by atoms with E-state index < -0.39 is 42.9 Å². The highest BCUT2D eigenvalue weighted by molar-refractivity contribution is 5.83. The summed E-state index contributed by atoms with van der Waals surface area (Å²) >= 11 is 0. The Hall–Kier alpha value is -1.97. The number of nitrogens with one attached hydrogen (secondary N) is 1. The van der Waals surface area contributed by atoms with Gasteiger partial charge >= 0.3 is 5.63 Å². The summed E-state index contributed by atoms with van der Waals surface area (Å²) in [6, 6.07) is 5.37. The summed E-state index contributed by atoms with van der Waals surface area (Å²) in [7, 11) is 0. The molecule has 2 aromatic rings. The molecule has 0 amide bonds. The van der Waals surface area contributed by atoms with Crippen LogP contribution < -0.4 is 10.9 Å². The molecule has 0 saturated carbocycles. The molecule has 3 rings (SSSR count). The molecule has 8 nitrogen and oxygen atoms in total. The second-order valence-corrected chi connectivity index (χ2v) is 5.86. The number of fused-ring (bicyclic) bond motifs is 1. The Morgan fingerprint density at radius 3 is 2.62 bits per heavy atom. The predicted molar refractivity (Wildman–Crippen MR) is 84.6 cm³/mol. The van der Waals surface area contributed by atoms with E-state index >= 15 is 0 Å². The number of aliphatic hydroxyl groups excluding tert-OH is 4. The highest BCUT2D eigenvalue weighted by atomic mass is 16.6. The summed E-state index contributed by atoms with van der Waals surface area (Å²) in [4.78, 5) is 11.5. The third-order valence-electron chi connectivity index (χ3n) is 4.18. The van der Waals surface area contributed by atoms with E-state index in [1.807, 2.05) is 0 Å². The lowest BCUT2D eigenvalue weighted by Crippen LogP contribution is -2.61. The van der Waals surface area contributed by atoms with Crippen molar-refractivity contribution in [1.29, 1.82) is 0 Å². The number of aliphatic hydroxyl groups is 4. The first-order chi connectivity index (χ1) is 11.4. The van der Waals surface area contributed by atoms with Crippen LogP contribution in [0, 0.1) is 6.92 Å². The van der Waals surface area contributed by atoms with E-state index in [1.165, 1.54) is 6.07 Å². The van der Waals surface area contributed by atoms with Crippen LogP contribution in [0.4, 0.5) is 5.69 Å². The fraction of sp³-hybridized carbons (Fsp3) is 0.438. The Balaban J connectivity index is 1.88. The van der Waals surface area contributed by atoms with Gasteiger partial charge in [0.25, 0.3) is 0 Å². The van der Waals surface area contributed by atoms with Crippen LogP contribution in [0.3, 0.4) is 0 Å². The molecule has 0 spiro atoms. The zero-order chi connectivity index (χ0) is 17.4. The second kappa shape index (κ2) is 6.50. The van der Waals surface area contributed by atoms with Gasteiger partial charge in [0.05, 0.1) is 6.61 Å². The predicted octanol–water partition coefficient (Wildman–Crippen LogP) is -0.687. The molecule has 1 fully saturated rings. The first kappa shape index (κ1) is 16.9. The highest BCUT2D eigenvalue weighted by Crippen LogP contribution is 2.25. The van der Waals surface area contributed by atoms with Crippen LogP contribution in [0.15, 0.2) is 33.5 Å². The van der Waals surface area contributed by atoms with Gasteiger partial charge in [-0.05, 0) is 24.6 Å². The van der Waals surface area contributed by atoms with E-state index in [1.54, 1.807) is 25.1 Å². The summed E-state index contributed by atoms with van der Waals surface area (Å²) < 4.78 is 10.2. The van der Waals surface area contributed by atoms with Crippen molar-refractivity contribution in [3.63, 3.8) is 0 Å². The normalized spacial score (nSPS) is 30.5. The summed E-state index contributed by atoms with van der Waals surface area (Å²) in [5, 5.41) is 42.7. The van der Waals surface area contributed by atoms with Gasteiger partial charge in [0.2, 0.25) is 0 Å². The van der Waals surface area contributed by atoms with Crippen molar-refractivity contribution in [3.05, 3.63) is 40.2 Å². The molecule has 1 saturated heterocycles. The van der Waals surface area contributed by atoms with Crippen LogP contribution in [0.2, 0.25) is 0 Å². The molecule has 5 atom stereocenters. The molecule has 2 heterocycles. The van der Waals surface area contributed by atoms with Crippen LogP contribution in [0.1, 0.15) is 5.56 Å². The highest BCUT2D eigenvalue weighted by Gasteiger charge is 2.43. The van der Waals surface area contributed by atoms with Gasteiger partial charge < -0.3 is 34.9 Å². The summed E-state index contributed by atoms with van der Waals surface area (Å²) in [5.74, 6) is 0. The molecular weight excluding hydrogens is 318 g/mol. The number of hydrogen-bond donors (Lipinski definition) is 5. The largest absolute Gasteiger partial charge is 0.423 e.